The minimum Gasteiger partial charge on any atom is -0.480 e. The van der Waals surface area contributed by atoms with Crippen LogP contribution in [0.4, 0.5) is 0 Å². The van der Waals surface area contributed by atoms with E-state index in [0.29, 0.717) is 12.8 Å². The Balaban J connectivity index is 5.05. The van der Waals surface area contributed by atoms with E-state index >= 15 is 0 Å². The summed E-state index contributed by atoms with van der Waals surface area (Å²) in [5.41, 5.74) is 10.9. The zero-order chi connectivity index (χ0) is 24.3. The predicted octanol–water partition coefficient (Wildman–Crippen LogP) is -0.770. The van der Waals surface area contributed by atoms with Crippen molar-refractivity contribution in [3.8, 4) is 0 Å². The lowest BCUT2D eigenvalue weighted by Crippen LogP contribution is -2.56. The smallest absolute Gasteiger partial charge is 0.326 e. The summed E-state index contributed by atoms with van der Waals surface area (Å²) >= 11 is 0. The SMILES string of the molecule is CC(C)CC(N)C(=O)NC(CC(C)C)C(=O)NC(C)C(=O)NC(CCC(N)=O)C(=O)O. The second kappa shape index (κ2) is 13.6. The lowest BCUT2D eigenvalue weighted by Gasteiger charge is -2.25. The summed E-state index contributed by atoms with van der Waals surface area (Å²) in [5.74, 6) is -3.50. The first-order chi connectivity index (χ1) is 14.2. The van der Waals surface area contributed by atoms with E-state index in [1.54, 1.807) is 0 Å². The van der Waals surface area contributed by atoms with Gasteiger partial charge in [-0.1, -0.05) is 27.7 Å². The van der Waals surface area contributed by atoms with Crippen LogP contribution in [0.2, 0.25) is 0 Å². The van der Waals surface area contributed by atoms with E-state index in [1.165, 1.54) is 6.92 Å². The first kappa shape index (κ1) is 28.3. The summed E-state index contributed by atoms with van der Waals surface area (Å²) in [6.07, 6.45) is 0.410. The molecule has 31 heavy (non-hydrogen) atoms. The second-order valence-electron chi connectivity index (χ2n) is 8.56. The van der Waals surface area contributed by atoms with Crippen molar-refractivity contribution in [2.75, 3.05) is 0 Å². The number of primary amides is 1. The highest BCUT2D eigenvalue weighted by Crippen LogP contribution is 2.08. The Labute approximate surface area is 183 Å². The van der Waals surface area contributed by atoms with E-state index in [2.05, 4.69) is 16.0 Å². The van der Waals surface area contributed by atoms with Crippen molar-refractivity contribution in [3.05, 3.63) is 0 Å². The van der Waals surface area contributed by atoms with Gasteiger partial charge in [-0.15, -0.1) is 0 Å². The van der Waals surface area contributed by atoms with Crippen molar-refractivity contribution in [2.24, 2.45) is 23.3 Å². The average molecular weight is 444 g/mol. The first-order valence-electron chi connectivity index (χ1n) is 10.4. The molecule has 0 bridgehead atoms. The number of amides is 4. The Morgan fingerprint density at radius 1 is 0.774 bits per heavy atom. The highest BCUT2D eigenvalue weighted by molar-refractivity contribution is 5.94. The molecule has 4 atom stereocenters. The number of carbonyl (C=O) groups excluding carboxylic acids is 4. The summed E-state index contributed by atoms with van der Waals surface area (Å²) in [6, 6.07) is -4.05. The maximum Gasteiger partial charge on any atom is 0.326 e. The number of rotatable bonds is 14. The van der Waals surface area contributed by atoms with Crippen molar-refractivity contribution >= 4 is 29.6 Å². The summed E-state index contributed by atoms with van der Waals surface area (Å²) in [5, 5.41) is 16.6. The predicted molar refractivity (Wildman–Crippen MR) is 114 cm³/mol. The quantitative estimate of drug-likeness (QED) is 0.203. The van der Waals surface area contributed by atoms with Gasteiger partial charge in [0.25, 0.3) is 0 Å². The lowest BCUT2D eigenvalue weighted by atomic mass is 10.0. The van der Waals surface area contributed by atoms with Gasteiger partial charge in [-0.2, -0.15) is 0 Å². The fourth-order valence-electron chi connectivity index (χ4n) is 2.82. The molecule has 0 saturated heterocycles. The lowest BCUT2D eigenvalue weighted by molar-refractivity contribution is -0.142. The van der Waals surface area contributed by atoms with Gasteiger partial charge in [0.2, 0.25) is 23.6 Å². The fourth-order valence-corrected chi connectivity index (χ4v) is 2.82. The third-order valence-corrected chi connectivity index (χ3v) is 4.45. The molecular weight excluding hydrogens is 406 g/mol. The monoisotopic (exact) mass is 443 g/mol. The van der Waals surface area contributed by atoms with E-state index in [9.17, 15) is 29.1 Å². The zero-order valence-corrected chi connectivity index (χ0v) is 18.9. The molecule has 0 spiro atoms. The fraction of sp³-hybridized carbons (Fsp3) is 0.750. The van der Waals surface area contributed by atoms with Crippen LogP contribution in [0.1, 0.15) is 60.3 Å². The van der Waals surface area contributed by atoms with Gasteiger partial charge in [0.15, 0.2) is 0 Å². The van der Waals surface area contributed by atoms with E-state index in [1.807, 2.05) is 27.7 Å². The highest BCUT2D eigenvalue weighted by Gasteiger charge is 2.29. The number of nitrogens with two attached hydrogens (primary N) is 2. The largest absolute Gasteiger partial charge is 0.480 e. The minimum atomic E-state index is -1.32. The van der Waals surface area contributed by atoms with Crippen molar-refractivity contribution in [1.29, 1.82) is 0 Å². The molecular formula is C20H37N5O6. The number of carboxylic acid groups (broad SMARTS) is 1. The van der Waals surface area contributed by atoms with Gasteiger partial charge in [-0.05, 0) is 38.0 Å². The van der Waals surface area contributed by atoms with Gasteiger partial charge in [-0.25, -0.2) is 4.79 Å². The van der Waals surface area contributed by atoms with Crippen LogP contribution in [0.15, 0.2) is 0 Å². The van der Waals surface area contributed by atoms with E-state index in [0.717, 1.165) is 0 Å². The van der Waals surface area contributed by atoms with Crippen LogP contribution in [-0.2, 0) is 24.0 Å². The van der Waals surface area contributed by atoms with Gasteiger partial charge in [-0.3, -0.25) is 19.2 Å². The van der Waals surface area contributed by atoms with Crippen LogP contribution >= 0.6 is 0 Å². The van der Waals surface area contributed by atoms with Gasteiger partial charge in [0.1, 0.15) is 18.1 Å². The molecule has 0 aliphatic heterocycles. The van der Waals surface area contributed by atoms with Crippen LogP contribution in [-0.4, -0.2) is 58.9 Å². The molecule has 11 heteroatoms. The normalized spacial score (nSPS) is 15.0. The van der Waals surface area contributed by atoms with Crippen molar-refractivity contribution in [1.82, 2.24) is 16.0 Å². The topological polar surface area (TPSA) is 194 Å². The summed E-state index contributed by atoms with van der Waals surface area (Å²) < 4.78 is 0. The van der Waals surface area contributed by atoms with Crippen LogP contribution in [0.3, 0.4) is 0 Å². The second-order valence-corrected chi connectivity index (χ2v) is 8.56. The average Bonchev–Trinajstić information content (AvgIpc) is 2.62. The number of carboxylic acids is 1. The van der Waals surface area contributed by atoms with Crippen molar-refractivity contribution in [2.45, 2.75) is 84.5 Å². The van der Waals surface area contributed by atoms with Crippen molar-refractivity contribution < 1.29 is 29.1 Å². The Morgan fingerprint density at radius 2 is 1.29 bits per heavy atom. The van der Waals surface area contributed by atoms with Gasteiger partial charge < -0.3 is 32.5 Å². The number of hydrogen-bond donors (Lipinski definition) is 6. The van der Waals surface area contributed by atoms with Crippen LogP contribution < -0.4 is 27.4 Å². The summed E-state index contributed by atoms with van der Waals surface area (Å²) in [4.78, 5) is 59.5. The van der Waals surface area contributed by atoms with Crippen molar-refractivity contribution in [3.63, 3.8) is 0 Å². The van der Waals surface area contributed by atoms with Crippen LogP contribution in [0, 0.1) is 11.8 Å². The standard InChI is InChI=1S/C20H37N5O6/c1-10(2)8-13(21)18(28)25-15(9-11(3)4)19(29)23-12(5)17(27)24-14(20(30)31)6-7-16(22)26/h10-15H,6-9,21H2,1-5H3,(H2,22,26)(H,23,29)(H,24,27)(H,25,28)(H,30,31). The molecule has 178 valence electrons. The highest BCUT2D eigenvalue weighted by atomic mass is 16.4. The molecule has 11 nitrogen and oxygen atoms in total. The molecule has 0 saturated carbocycles. The molecule has 0 rings (SSSR count). The molecule has 0 radical (unpaired) electrons. The van der Waals surface area contributed by atoms with E-state index in [-0.39, 0.29) is 24.7 Å². The molecule has 0 aliphatic rings. The molecule has 0 aromatic carbocycles. The third-order valence-electron chi connectivity index (χ3n) is 4.45. The molecule has 0 aromatic rings. The Kier molecular flexibility index (Phi) is 12.4. The summed E-state index contributed by atoms with van der Waals surface area (Å²) in [6.45, 7) is 9.01. The van der Waals surface area contributed by atoms with E-state index < -0.39 is 53.8 Å². The number of hydrogen-bond acceptors (Lipinski definition) is 6. The van der Waals surface area contributed by atoms with Gasteiger partial charge >= 0.3 is 5.97 Å². The molecule has 0 aliphatic carbocycles. The maximum atomic E-state index is 12.7. The third kappa shape index (κ3) is 11.9. The maximum absolute atomic E-state index is 12.7. The Hall–Kier alpha value is -2.69. The number of nitrogens with one attached hydrogen (secondary N) is 3. The number of carbonyl (C=O) groups is 5. The summed E-state index contributed by atoms with van der Waals surface area (Å²) in [7, 11) is 0. The molecule has 4 unspecified atom stereocenters. The van der Waals surface area contributed by atoms with Gasteiger partial charge in [0.05, 0.1) is 6.04 Å². The molecule has 0 heterocycles. The Bertz CT molecular complexity index is 652. The molecule has 0 fully saturated rings. The van der Waals surface area contributed by atoms with Crippen LogP contribution in [0.5, 0.6) is 0 Å². The molecule has 4 amide bonds. The number of aliphatic carboxylic acids is 1. The molecule has 0 aromatic heterocycles. The first-order valence-corrected chi connectivity index (χ1v) is 10.4. The van der Waals surface area contributed by atoms with Crippen LogP contribution in [0.25, 0.3) is 0 Å². The minimum absolute atomic E-state index is 0.0756. The Morgan fingerprint density at radius 3 is 1.74 bits per heavy atom. The zero-order valence-electron chi connectivity index (χ0n) is 18.9. The van der Waals surface area contributed by atoms with Gasteiger partial charge in [0, 0.05) is 6.42 Å². The molecule has 8 N–H and O–H groups in total. The van der Waals surface area contributed by atoms with E-state index in [4.69, 9.17) is 11.5 Å².